The highest BCUT2D eigenvalue weighted by Gasteiger charge is 2.12. The Kier molecular flexibility index (Phi) is 5.79. The van der Waals surface area contributed by atoms with Crippen LogP contribution in [0.2, 0.25) is 0 Å². The Balaban J connectivity index is 1.78. The number of carbonyl (C=O) groups excluding carboxylic acids is 1. The number of hydrogen-bond acceptors (Lipinski definition) is 6. The Morgan fingerprint density at radius 2 is 2.08 bits per heavy atom. The average Bonchev–Trinajstić information content (AvgIpc) is 3.06. The van der Waals surface area contributed by atoms with Crippen LogP contribution in [-0.4, -0.2) is 26.4 Å². The van der Waals surface area contributed by atoms with Crippen molar-refractivity contribution >= 4 is 34.1 Å². The van der Waals surface area contributed by atoms with Crippen LogP contribution >= 0.6 is 23.1 Å². The molecule has 6 nitrogen and oxygen atoms in total. The molecule has 0 unspecified atom stereocenters. The van der Waals surface area contributed by atoms with E-state index in [0.29, 0.717) is 10.7 Å². The van der Waals surface area contributed by atoms with Crippen molar-refractivity contribution in [1.29, 1.82) is 0 Å². The molecule has 134 valence electrons. The lowest BCUT2D eigenvalue weighted by atomic mass is 10.2. The molecular formula is C17H15FN4O2S2. The summed E-state index contributed by atoms with van der Waals surface area (Å²) in [6, 6.07) is 8.92. The van der Waals surface area contributed by atoms with E-state index in [2.05, 4.69) is 15.5 Å². The second-order valence-electron chi connectivity index (χ2n) is 5.24. The Morgan fingerprint density at radius 3 is 2.85 bits per heavy atom. The van der Waals surface area contributed by atoms with Gasteiger partial charge in [0.25, 0.3) is 11.5 Å². The van der Waals surface area contributed by atoms with Gasteiger partial charge in [0.1, 0.15) is 5.82 Å². The number of aromatic nitrogens is 3. The number of hydrogen-bond donors (Lipinski definition) is 1. The fourth-order valence-corrected chi connectivity index (χ4v) is 3.85. The third kappa shape index (κ3) is 4.36. The van der Waals surface area contributed by atoms with Crippen LogP contribution in [0.1, 0.15) is 22.8 Å². The van der Waals surface area contributed by atoms with E-state index in [1.807, 2.05) is 6.92 Å². The molecule has 0 aliphatic carbocycles. The first-order valence-corrected chi connectivity index (χ1v) is 9.58. The maximum absolute atomic E-state index is 13.8. The predicted octanol–water partition coefficient (Wildman–Crippen LogP) is 3.25. The highest BCUT2D eigenvalue weighted by atomic mass is 32.2. The Hall–Kier alpha value is -2.52. The summed E-state index contributed by atoms with van der Waals surface area (Å²) in [4.78, 5) is 24.4. The molecule has 2 heterocycles. The Labute approximate surface area is 157 Å². The van der Waals surface area contributed by atoms with E-state index in [0.717, 1.165) is 10.1 Å². The maximum Gasteiger partial charge on any atom is 0.258 e. The van der Waals surface area contributed by atoms with Gasteiger partial charge in [-0.25, -0.2) is 4.39 Å². The van der Waals surface area contributed by atoms with E-state index in [1.165, 1.54) is 52.1 Å². The molecule has 9 heteroatoms. The number of anilines is 1. The van der Waals surface area contributed by atoms with Crippen LogP contribution in [0.3, 0.4) is 0 Å². The summed E-state index contributed by atoms with van der Waals surface area (Å²) < 4.78 is 15.9. The summed E-state index contributed by atoms with van der Waals surface area (Å²) >= 11 is 2.82. The SMILES string of the molecule is CCSc1nnc(NC(=O)c2ccc(=O)n(Cc3ccccc3F)c2)s1. The largest absolute Gasteiger partial charge is 0.310 e. The molecule has 0 spiro atoms. The third-order valence-corrected chi connectivity index (χ3v) is 5.29. The molecule has 0 atom stereocenters. The lowest BCUT2D eigenvalue weighted by Crippen LogP contribution is -2.23. The van der Waals surface area contributed by atoms with Crippen molar-refractivity contribution in [3.63, 3.8) is 0 Å². The normalized spacial score (nSPS) is 10.7. The number of halogens is 1. The van der Waals surface area contributed by atoms with Gasteiger partial charge in [0.2, 0.25) is 5.13 Å². The van der Waals surface area contributed by atoms with Crippen molar-refractivity contribution in [2.24, 2.45) is 0 Å². The predicted molar refractivity (Wildman–Crippen MR) is 100 cm³/mol. The molecule has 0 bridgehead atoms. The highest BCUT2D eigenvalue weighted by Crippen LogP contribution is 2.25. The van der Waals surface area contributed by atoms with E-state index in [-0.39, 0.29) is 17.7 Å². The summed E-state index contributed by atoms with van der Waals surface area (Å²) in [5, 5.41) is 10.9. The maximum atomic E-state index is 13.8. The second kappa shape index (κ2) is 8.24. The molecule has 1 aromatic carbocycles. The van der Waals surface area contributed by atoms with Crippen molar-refractivity contribution in [2.45, 2.75) is 17.8 Å². The fourth-order valence-electron chi connectivity index (χ4n) is 2.21. The third-order valence-electron chi connectivity index (χ3n) is 3.44. The van der Waals surface area contributed by atoms with E-state index in [9.17, 15) is 14.0 Å². The molecule has 0 aliphatic rings. The van der Waals surface area contributed by atoms with Gasteiger partial charge in [-0.2, -0.15) is 0 Å². The molecule has 26 heavy (non-hydrogen) atoms. The summed E-state index contributed by atoms with van der Waals surface area (Å²) in [7, 11) is 0. The van der Waals surface area contributed by atoms with Gasteiger partial charge >= 0.3 is 0 Å². The zero-order chi connectivity index (χ0) is 18.5. The van der Waals surface area contributed by atoms with Crippen molar-refractivity contribution in [1.82, 2.24) is 14.8 Å². The molecule has 3 aromatic rings. The van der Waals surface area contributed by atoms with E-state index >= 15 is 0 Å². The molecule has 0 saturated carbocycles. The quantitative estimate of drug-likeness (QED) is 0.516. The number of thioether (sulfide) groups is 1. The molecule has 0 radical (unpaired) electrons. The first kappa shape index (κ1) is 18.3. The first-order chi connectivity index (χ1) is 12.6. The van der Waals surface area contributed by atoms with Crippen LogP contribution in [0, 0.1) is 5.82 Å². The smallest absolute Gasteiger partial charge is 0.258 e. The van der Waals surface area contributed by atoms with Crippen molar-refractivity contribution in [2.75, 3.05) is 11.1 Å². The molecule has 0 saturated heterocycles. The van der Waals surface area contributed by atoms with E-state index in [1.54, 1.807) is 18.2 Å². The number of rotatable bonds is 6. The van der Waals surface area contributed by atoms with Crippen LogP contribution < -0.4 is 10.9 Å². The summed E-state index contributed by atoms with van der Waals surface area (Å²) in [5.41, 5.74) is 0.334. The highest BCUT2D eigenvalue weighted by molar-refractivity contribution is 8.01. The number of nitrogens with zero attached hydrogens (tertiary/aromatic N) is 3. The molecule has 1 amide bonds. The molecular weight excluding hydrogens is 375 g/mol. The van der Waals surface area contributed by atoms with Gasteiger partial charge in [-0.15, -0.1) is 10.2 Å². The zero-order valence-corrected chi connectivity index (χ0v) is 15.4. The lowest BCUT2D eigenvalue weighted by Gasteiger charge is -2.09. The van der Waals surface area contributed by atoms with Crippen LogP contribution in [0.15, 0.2) is 51.7 Å². The van der Waals surface area contributed by atoms with Crippen LogP contribution in [0.5, 0.6) is 0 Å². The van der Waals surface area contributed by atoms with E-state index < -0.39 is 11.7 Å². The van der Waals surface area contributed by atoms with E-state index in [4.69, 9.17) is 0 Å². The molecule has 0 aliphatic heterocycles. The minimum absolute atomic E-state index is 0.0444. The number of benzene rings is 1. The summed E-state index contributed by atoms with van der Waals surface area (Å²) in [6.07, 6.45) is 1.41. The van der Waals surface area contributed by atoms with Gasteiger partial charge in [-0.05, 0) is 17.9 Å². The van der Waals surface area contributed by atoms with Gasteiger partial charge in [-0.1, -0.05) is 48.2 Å². The van der Waals surface area contributed by atoms with Crippen LogP contribution in [0.4, 0.5) is 9.52 Å². The number of nitrogens with one attached hydrogen (secondary N) is 1. The lowest BCUT2D eigenvalue weighted by molar-refractivity contribution is 0.102. The Morgan fingerprint density at radius 1 is 1.27 bits per heavy atom. The monoisotopic (exact) mass is 390 g/mol. The van der Waals surface area contributed by atoms with Gasteiger partial charge < -0.3 is 4.57 Å². The molecule has 1 N–H and O–H groups in total. The van der Waals surface area contributed by atoms with Crippen LogP contribution in [-0.2, 0) is 6.54 Å². The second-order valence-corrected chi connectivity index (χ2v) is 7.72. The van der Waals surface area contributed by atoms with Crippen molar-refractivity contribution in [3.05, 3.63) is 69.9 Å². The van der Waals surface area contributed by atoms with Gasteiger partial charge in [-0.3, -0.25) is 14.9 Å². The number of amides is 1. The van der Waals surface area contributed by atoms with Crippen molar-refractivity contribution in [3.8, 4) is 0 Å². The minimum atomic E-state index is -0.406. The molecule has 2 aromatic heterocycles. The van der Waals surface area contributed by atoms with Gasteiger partial charge in [0.15, 0.2) is 4.34 Å². The van der Waals surface area contributed by atoms with Crippen LogP contribution in [0.25, 0.3) is 0 Å². The summed E-state index contributed by atoms with van der Waals surface area (Å²) in [5.74, 6) is 0.0596. The van der Waals surface area contributed by atoms with Crippen molar-refractivity contribution < 1.29 is 9.18 Å². The molecule has 3 rings (SSSR count). The van der Waals surface area contributed by atoms with Gasteiger partial charge in [0.05, 0.1) is 12.1 Å². The number of carbonyl (C=O) groups is 1. The Bertz CT molecular complexity index is 987. The first-order valence-electron chi connectivity index (χ1n) is 7.78. The number of pyridine rings is 1. The molecule has 0 fully saturated rings. The van der Waals surface area contributed by atoms with Gasteiger partial charge in [0, 0.05) is 17.8 Å². The standard InChI is InChI=1S/C17H15FN4O2S2/c1-2-25-17-21-20-16(26-17)19-15(24)12-7-8-14(23)22(10-12)9-11-5-3-4-6-13(11)18/h3-8,10H,2,9H2,1H3,(H,19,20,24). The average molecular weight is 390 g/mol. The zero-order valence-electron chi connectivity index (χ0n) is 13.8. The minimum Gasteiger partial charge on any atom is -0.310 e. The summed E-state index contributed by atoms with van der Waals surface area (Å²) in [6.45, 7) is 2.05. The topological polar surface area (TPSA) is 76.9 Å². The fraction of sp³-hybridized carbons (Fsp3) is 0.176.